The summed E-state index contributed by atoms with van der Waals surface area (Å²) in [5.74, 6) is 2.27. The minimum atomic E-state index is -0.0174. The van der Waals surface area contributed by atoms with Crippen molar-refractivity contribution in [3.63, 3.8) is 0 Å². The second kappa shape index (κ2) is 9.58. The Balaban J connectivity index is 1.21. The van der Waals surface area contributed by atoms with Crippen molar-refractivity contribution in [2.75, 3.05) is 17.2 Å². The van der Waals surface area contributed by atoms with Gasteiger partial charge in [-0.1, -0.05) is 0 Å². The first-order valence-corrected chi connectivity index (χ1v) is 12.3. The molecule has 2 aliphatic rings. The number of amidine groups is 1. The van der Waals surface area contributed by atoms with Crippen LogP contribution in [0.4, 0.5) is 17.2 Å². The predicted octanol–water partition coefficient (Wildman–Crippen LogP) is 4.61. The molecular weight excluding hydrogens is 482 g/mol. The number of aliphatic imine (C=N–C) groups is 2. The second-order valence-corrected chi connectivity index (χ2v) is 9.51. The quantitative estimate of drug-likeness (QED) is 0.273. The Morgan fingerprint density at radius 3 is 2.71 bits per heavy atom. The Morgan fingerprint density at radius 1 is 1.16 bits per heavy atom. The largest absolute Gasteiger partial charge is 0.462 e. The van der Waals surface area contributed by atoms with Crippen LogP contribution in [0.3, 0.4) is 0 Å². The van der Waals surface area contributed by atoms with Gasteiger partial charge in [-0.2, -0.15) is 0 Å². The first-order valence-electron chi connectivity index (χ1n) is 12.3. The highest BCUT2D eigenvalue weighted by atomic mass is 16.5. The molecule has 11 nitrogen and oxygen atoms in total. The number of hydrogen-bond acceptors (Lipinski definition) is 10. The van der Waals surface area contributed by atoms with Crippen LogP contribution in [0.25, 0.3) is 17.0 Å². The van der Waals surface area contributed by atoms with Gasteiger partial charge in [-0.3, -0.25) is 0 Å². The molecule has 192 valence electrons. The lowest BCUT2D eigenvalue weighted by Gasteiger charge is -2.32. The molecule has 4 aromatic rings. The number of ether oxygens (including phenoxy) is 2. The molecule has 0 saturated heterocycles. The van der Waals surface area contributed by atoms with E-state index < -0.39 is 0 Å². The first-order chi connectivity index (χ1) is 18.5. The van der Waals surface area contributed by atoms with E-state index in [4.69, 9.17) is 14.5 Å². The van der Waals surface area contributed by atoms with Crippen LogP contribution in [0, 0.1) is 6.92 Å². The molecule has 11 heteroatoms. The Bertz CT molecular complexity index is 1590. The molecule has 0 atom stereocenters. The molecule has 3 heterocycles. The average Bonchev–Trinajstić information content (AvgIpc) is 3.51. The third kappa shape index (κ3) is 4.65. The van der Waals surface area contributed by atoms with Gasteiger partial charge < -0.3 is 24.7 Å². The Hall–Kier alpha value is -4.80. The summed E-state index contributed by atoms with van der Waals surface area (Å²) in [4.78, 5) is 17.7. The lowest BCUT2D eigenvalue weighted by molar-refractivity contribution is 0.175. The van der Waals surface area contributed by atoms with E-state index in [2.05, 4.69) is 42.5 Å². The van der Waals surface area contributed by atoms with E-state index in [9.17, 15) is 0 Å². The molecule has 1 aliphatic carbocycles. The van der Waals surface area contributed by atoms with Crippen LogP contribution in [0.15, 0.2) is 64.9 Å². The van der Waals surface area contributed by atoms with Crippen LogP contribution in [0.5, 0.6) is 5.75 Å². The minimum Gasteiger partial charge on any atom is -0.462 e. The molecule has 0 radical (unpaired) electrons. The average molecular weight is 510 g/mol. The summed E-state index contributed by atoms with van der Waals surface area (Å²) in [6.07, 6.45) is 8.22. The molecule has 2 N–H and O–H groups in total. The van der Waals surface area contributed by atoms with E-state index in [1.165, 1.54) is 6.42 Å². The van der Waals surface area contributed by atoms with E-state index >= 15 is 0 Å². The van der Waals surface area contributed by atoms with Gasteiger partial charge in [0.15, 0.2) is 5.82 Å². The first kappa shape index (κ1) is 23.6. The number of aromatic nitrogens is 5. The minimum absolute atomic E-state index is 0.0174. The maximum absolute atomic E-state index is 5.97. The zero-order valence-corrected chi connectivity index (χ0v) is 21.2. The molecule has 6 rings (SSSR count). The smallest absolute Gasteiger partial charge is 0.289 e. The number of nitrogens with zero attached hydrogens (tertiary/aromatic N) is 7. The van der Waals surface area contributed by atoms with E-state index in [1.54, 1.807) is 23.3 Å². The molecule has 1 fully saturated rings. The van der Waals surface area contributed by atoms with E-state index in [0.717, 1.165) is 40.7 Å². The SMILES string of the molecule is C=N/C(=C\c1nncn1C)Oc1ccc(Nc2ncnc3ccc(NC4=NC5(CCC5)CO4)cc23)cc1C. The molecule has 0 amide bonds. The Kier molecular flexibility index (Phi) is 5.95. The van der Waals surface area contributed by atoms with E-state index in [-0.39, 0.29) is 5.54 Å². The van der Waals surface area contributed by atoms with Crippen LogP contribution in [-0.4, -0.2) is 49.6 Å². The highest BCUT2D eigenvalue weighted by molar-refractivity contribution is 5.97. The summed E-state index contributed by atoms with van der Waals surface area (Å²) in [6.45, 7) is 6.22. The van der Waals surface area contributed by atoms with Crippen molar-refractivity contribution in [1.29, 1.82) is 0 Å². The Morgan fingerprint density at radius 2 is 2.00 bits per heavy atom. The van der Waals surface area contributed by atoms with Crippen molar-refractivity contribution in [2.24, 2.45) is 17.0 Å². The van der Waals surface area contributed by atoms with Crippen molar-refractivity contribution in [1.82, 2.24) is 24.7 Å². The summed E-state index contributed by atoms with van der Waals surface area (Å²) in [5, 5.41) is 15.5. The standard InChI is InChI=1S/C27H27N9O2/c1-17-11-18(6-8-22(17)38-24(28-2)13-23-35-31-16-36(23)3)32-25-20-12-19(5-7-21(20)29-15-30-25)33-26-34-27(14-37-26)9-4-10-27/h5-8,11-13,15-16H,2,4,9-10,14H2,1,3H3,(H,33,34)(H,29,30,32)/b24-13+. The van der Waals surface area contributed by atoms with Gasteiger partial charge in [0.2, 0.25) is 5.88 Å². The van der Waals surface area contributed by atoms with Gasteiger partial charge in [0.1, 0.15) is 36.4 Å². The van der Waals surface area contributed by atoms with Crippen LogP contribution >= 0.6 is 0 Å². The fraction of sp³-hybridized carbons (Fsp3) is 0.259. The third-order valence-electron chi connectivity index (χ3n) is 6.79. The molecular formula is C27H27N9O2. The van der Waals surface area contributed by atoms with E-state index in [1.807, 2.05) is 50.4 Å². The zero-order chi connectivity index (χ0) is 26.1. The fourth-order valence-electron chi connectivity index (χ4n) is 4.48. The van der Waals surface area contributed by atoms with Gasteiger partial charge in [0.05, 0.1) is 5.52 Å². The van der Waals surface area contributed by atoms with Crippen molar-refractivity contribution in [3.8, 4) is 5.75 Å². The van der Waals surface area contributed by atoms with Gasteiger partial charge in [0.25, 0.3) is 6.02 Å². The highest BCUT2D eigenvalue weighted by Crippen LogP contribution is 2.39. The van der Waals surface area contributed by atoms with Crippen molar-refractivity contribution in [2.45, 2.75) is 31.7 Å². The predicted molar refractivity (Wildman–Crippen MR) is 147 cm³/mol. The summed E-state index contributed by atoms with van der Waals surface area (Å²) < 4.78 is 13.5. The third-order valence-corrected chi connectivity index (χ3v) is 6.79. The highest BCUT2D eigenvalue weighted by Gasteiger charge is 2.42. The van der Waals surface area contributed by atoms with Crippen molar-refractivity contribution in [3.05, 3.63) is 66.3 Å². The maximum Gasteiger partial charge on any atom is 0.289 e. The fourth-order valence-corrected chi connectivity index (χ4v) is 4.48. The van der Waals surface area contributed by atoms with Gasteiger partial charge in [-0.25, -0.2) is 20.0 Å². The molecule has 38 heavy (non-hydrogen) atoms. The number of rotatable bonds is 7. The number of fused-ring (bicyclic) bond motifs is 1. The molecule has 1 saturated carbocycles. The number of benzene rings is 2. The Labute approximate surface area is 219 Å². The van der Waals surface area contributed by atoms with Gasteiger partial charge in [0, 0.05) is 29.9 Å². The van der Waals surface area contributed by atoms with Crippen molar-refractivity contribution < 1.29 is 9.47 Å². The topological polar surface area (TPSA) is 124 Å². The van der Waals surface area contributed by atoms with Gasteiger partial charge >= 0.3 is 0 Å². The lowest BCUT2D eigenvalue weighted by atomic mass is 9.78. The number of aryl methyl sites for hydroxylation is 2. The number of hydrogen-bond donors (Lipinski definition) is 2. The molecule has 2 aromatic carbocycles. The van der Waals surface area contributed by atoms with Crippen LogP contribution in [-0.2, 0) is 11.8 Å². The summed E-state index contributed by atoms with van der Waals surface area (Å²) >= 11 is 0. The molecule has 1 spiro atoms. The van der Waals surface area contributed by atoms with Crippen LogP contribution in [0.2, 0.25) is 0 Å². The zero-order valence-electron chi connectivity index (χ0n) is 21.2. The molecule has 0 unspecified atom stereocenters. The summed E-state index contributed by atoms with van der Waals surface area (Å²) in [6, 6.07) is 12.3. The van der Waals surface area contributed by atoms with Crippen molar-refractivity contribution >= 4 is 46.9 Å². The van der Waals surface area contributed by atoms with Gasteiger partial charge in [-0.15, -0.1) is 10.2 Å². The van der Waals surface area contributed by atoms with Gasteiger partial charge in [-0.05, 0) is 74.9 Å². The molecule has 0 bridgehead atoms. The summed E-state index contributed by atoms with van der Waals surface area (Å²) in [5.41, 5.74) is 3.43. The maximum atomic E-state index is 5.97. The summed E-state index contributed by atoms with van der Waals surface area (Å²) in [7, 11) is 1.84. The van der Waals surface area contributed by atoms with Crippen LogP contribution in [0.1, 0.15) is 30.7 Å². The second-order valence-electron chi connectivity index (χ2n) is 9.51. The monoisotopic (exact) mass is 509 g/mol. The molecule has 2 aromatic heterocycles. The van der Waals surface area contributed by atoms with E-state index in [0.29, 0.717) is 35.9 Å². The van der Waals surface area contributed by atoms with Crippen LogP contribution < -0.4 is 15.4 Å². The lowest BCUT2D eigenvalue weighted by Crippen LogP contribution is -2.36. The normalized spacial score (nSPS) is 16.1. The molecule has 1 aliphatic heterocycles. The number of anilines is 3. The number of nitrogens with one attached hydrogen (secondary N) is 2.